The van der Waals surface area contributed by atoms with Crippen molar-refractivity contribution >= 4 is 32.8 Å². The van der Waals surface area contributed by atoms with Gasteiger partial charge < -0.3 is 10.1 Å². The Balaban J connectivity index is 1.52. The Morgan fingerprint density at radius 1 is 1.11 bits per heavy atom. The zero-order valence-corrected chi connectivity index (χ0v) is 16.2. The molecule has 3 aromatic rings. The monoisotopic (exact) mass is 402 g/mol. The molecule has 0 aliphatic rings. The fourth-order valence-electron chi connectivity index (χ4n) is 2.30. The number of para-hydroxylation sites is 1. The third-order valence-electron chi connectivity index (χ3n) is 3.61. The van der Waals surface area contributed by atoms with Crippen LogP contribution in [0.1, 0.15) is 10.7 Å². The molecule has 0 aliphatic carbocycles. The van der Waals surface area contributed by atoms with Crippen molar-refractivity contribution in [2.24, 2.45) is 0 Å². The van der Waals surface area contributed by atoms with Crippen molar-refractivity contribution < 1.29 is 17.9 Å². The number of sulfone groups is 1. The van der Waals surface area contributed by atoms with Crippen molar-refractivity contribution in [3.05, 3.63) is 70.7 Å². The number of anilines is 1. The molecule has 0 aliphatic heterocycles. The zero-order chi connectivity index (χ0) is 19.3. The molecular formula is C19H18N2O4S2. The second kappa shape index (κ2) is 8.32. The predicted octanol–water partition coefficient (Wildman–Crippen LogP) is 3.31. The summed E-state index contributed by atoms with van der Waals surface area (Å²) in [5.74, 6) is 0.429. The minimum atomic E-state index is -3.22. The molecular weight excluding hydrogens is 384 g/mol. The van der Waals surface area contributed by atoms with E-state index in [9.17, 15) is 13.2 Å². The Hall–Kier alpha value is -2.71. The van der Waals surface area contributed by atoms with Gasteiger partial charge >= 0.3 is 0 Å². The predicted molar refractivity (Wildman–Crippen MR) is 105 cm³/mol. The molecule has 0 saturated carbocycles. The van der Waals surface area contributed by atoms with Crippen LogP contribution in [-0.4, -0.2) is 25.6 Å². The smallest absolute Gasteiger partial charge is 0.231 e. The van der Waals surface area contributed by atoms with Crippen LogP contribution in [0.2, 0.25) is 0 Å². The first kappa shape index (κ1) is 19.1. The van der Waals surface area contributed by atoms with Gasteiger partial charge in [0.2, 0.25) is 5.91 Å². The number of hydrogen-bond acceptors (Lipinski definition) is 6. The fraction of sp³-hybridized carbons (Fsp3) is 0.158. The fourth-order valence-corrected chi connectivity index (χ4v) is 3.71. The number of aromatic nitrogens is 1. The minimum Gasteiger partial charge on any atom is -0.487 e. The number of nitrogens with one attached hydrogen (secondary N) is 1. The first-order valence-electron chi connectivity index (χ1n) is 8.11. The molecule has 0 spiro atoms. The SMILES string of the molecule is CS(=O)(=O)c1ccc(OCc2csc(CC(=O)Nc3ccccc3)n2)cc1. The standard InChI is InChI=1S/C19H18N2O4S2/c1-27(23,24)17-9-7-16(8-10-17)25-12-15-13-26-19(21-15)11-18(22)20-14-5-3-2-4-6-14/h2-10,13H,11-12H2,1H3,(H,20,22). The summed E-state index contributed by atoms with van der Waals surface area (Å²) in [6.07, 6.45) is 1.36. The van der Waals surface area contributed by atoms with Crippen LogP contribution in [0, 0.1) is 0 Å². The van der Waals surface area contributed by atoms with Crippen LogP contribution in [0.5, 0.6) is 5.75 Å². The van der Waals surface area contributed by atoms with Crippen LogP contribution >= 0.6 is 11.3 Å². The number of amides is 1. The normalized spacial score (nSPS) is 11.1. The van der Waals surface area contributed by atoms with E-state index in [4.69, 9.17) is 4.74 Å². The Morgan fingerprint density at radius 3 is 2.48 bits per heavy atom. The van der Waals surface area contributed by atoms with Crippen LogP contribution in [0.3, 0.4) is 0 Å². The highest BCUT2D eigenvalue weighted by Crippen LogP contribution is 2.18. The van der Waals surface area contributed by atoms with E-state index in [1.807, 2.05) is 35.7 Å². The number of ether oxygens (including phenoxy) is 1. The maximum absolute atomic E-state index is 12.1. The van der Waals surface area contributed by atoms with Crippen molar-refractivity contribution in [3.63, 3.8) is 0 Å². The van der Waals surface area contributed by atoms with E-state index >= 15 is 0 Å². The number of carbonyl (C=O) groups excluding carboxylic acids is 1. The first-order valence-corrected chi connectivity index (χ1v) is 10.9. The Morgan fingerprint density at radius 2 is 1.81 bits per heavy atom. The van der Waals surface area contributed by atoms with Gasteiger partial charge in [-0.25, -0.2) is 13.4 Å². The van der Waals surface area contributed by atoms with Gasteiger partial charge in [0.1, 0.15) is 17.4 Å². The highest BCUT2D eigenvalue weighted by molar-refractivity contribution is 7.90. The van der Waals surface area contributed by atoms with E-state index in [-0.39, 0.29) is 23.8 Å². The molecule has 1 amide bonds. The summed E-state index contributed by atoms with van der Waals surface area (Å²) >= 11 is 1.40. The lowest BCUT2D eigenvalue weighted by atomic mass is 10.3. The van der Waals surface area contributed by atoms with E-state index in [1.165, 1.54) is 23.5 Å². The van der Waals surface area contributed by atoms with Crippen LogP contribution < -0.4 is 10.1 Å². The lowest BCUT2D eigenvalue weighted by Crippen LogP contribution is -2.14. The average Bonchev–Trinajstić information content (AvgIpc) is 3.07. The van der Waals surface area contributed by atoms with Crippen LogP contribution in [0.15, 0.2) is 64.9 Å². The molecule has 2 aromatic carbocycles. The molecule has 0 unspecified atom stereocenters. The molecule has 3 rings (SSSR count). The van der Waals surface area contributed by atoms with E-state index < -0.39 is 9.84 Å². The third-order valence-corrected chi connectivity index (χ3v) is 5.63. The Kier molecular flexibility index (Phi) is 5.88. The van der Waals surface area contributed by atoms with Crippen molar-refractivity contribution in [1.82, 2.24) is 4.98 Å². The van der Waals surface area contributed by atoms with Gasteiger partial charge in [-0.3, -0.25) is 4.79 Å². The molecule has 0 fully saturated rings. The molecule has 0 atom stereocenters. The van der Waals surface area contributed by atoms with Crippen LogP contribution in [0.4, 0.5) is 5.69 Å². The summed E-state index contributed by atoms with van der Waals surface area (Å²) in [4.78, 5) is 16.7. The number of hydrogen-bond donors (Lipinski definition) is 1. The number of rotatable bonds is 7. The highest BCUT2D eigenvalue weighted by Gasteiger charge is 2.10. The molecule has 1 heterocycles. The average molecular weight is 402 g/mol. The van der Waals surface area contributed by atoms with Crippen molar-refractivity contribution in [2.75, 3.05) is 11.6 Å². The molecule has 140 valence electrons. The highest BCUT2D eigenvalue weighted by atomic mass is 32.2. The topological polar surface area (TPSA) is 85.4 Å². The Bertz CT molecular complexity index is 1010. The summed E-state index contributed by atoms with van der Waals surface area (Å²) < 4.78 is 28.5. The minimum absolute atomic E-state index is 0.126. The molecule has 1 aromatic heterocycles. The van der Waals surface area contributed by atoms with Gasteiger partial charge in [-0.1, -0.05) is 18.2 Å². The second-order valence-electron chi connectivity index (χ2n) is 5.86. The largest absolute Gasteiger partial charge is 0.487 e. The second-order valence-corrected chi connectivity index (χ2v) is 8.81. The lowest BCUT2D eigenvalue weighted by molar-refractivity contribution is -0.115. The number of nitrogens with zero attached hydrogens (tertiary/aromatic N) is 1. The van der Waals surface area contributed by atoms with Gasteiger partial charge in [0.25, 0.3) is 0 Å². The zero-order valence-electron chi connectivity index (χ0n) is 14.6. The molecule has 0 saturated heterocycles. The number of benzene rings is 2. The summed E-state index contributed by atoms with van der Waals surface area (Å²) in [6, 6.07) is 15.5. The van der Waals surface area contributed by atoms with Crippen molar-refractivity contribution in [2.45, 2.75) is 17.9 Å². The quantitative estimate of drug-likeness (QED) is 0.655. The molecule has 1 N–H and O–H groups in total. The van der Waals surface area contributed by atoms with Crippen LogP contribution in [0.25, 0.3) is 0 Å². The van der Waals surface area contributed by atoms with E-state index in [1.54, 1.807) is 12.1 Å². The van der Waals surface area contributed by atoms with E-state index in [0.29, 0.717) is 10.8 Å². The first-order chi connectivity index (χ1) is 12.9. The van der Waals surface area contributed by atoms with E-state index in [0.717, 1.165) is 17.6 Å². The van der Waals surface area contributed by atoms with Gasteiger partial charge in [-0.05, 0) is 36.4 Å². The summed E-state index contributed by atoms with van der Waals surface area (Å²) in [5.41, 5.74) is 1.47. The third kappa shape index (κ3) is 5.63. The molecule has 27 heavy (non-hydrogen) atoms. The molecule has 0 radical (unpaired) electrons. The number of thiazole rings is 1. The summed E-state index contributed by atoms with van der Waals surface area (Å²) in [5, 5.41) is 5.37. The van der Waals surface area contributed by atoms with Gasteiger partial charge in [0.05, 0.1) is 17.0 Å². The summed E-state index contributed by atoms with van der Waals surface area (Å²) in [6.45, 7) is 0.245. The molecule has 0 bridgehead atoms. The Labute approximate surface area is 161 Å². The van der Waals surface area contributed by atoms with Gasteiger partial charge in [0, 0.05) is 17.3 Å². The van der Waals surface area contributed by atoms with Gasteiger partial charge in [-0.15, -0.1) is 11.3 Å². The van der Waals surface area contributed by atoms with Crippen molar-refractivity contribution in [3.8, 4) is 5.75 Å². The lowest BCUT2D eigenvalue weighted by Gasteiger charge is -2.05. The molecule has 8 heteroatoms. The van der Waals surface area contributed by atoms with E-state index in [2.05, 4.69) is 10.3 Å². The van der Waals surface area contributed by atoms with Gasteiger partial charge in [0.15, 0.2) is 9.84 Å². The maximum Gasteiger partial charge on any atom is 0.231 e. The van der Waals surface area contributed by atoms with Gasteiger partial charge in [-0.2, -0.15) is 0 Å². The van der Waals surface area contributed by atoms with Crippen LogP contribution in [-0.2, 0) is 27.7 Å². The molecule has 6 nitrogen and oxygen atoms in total. The number of carbonyl (C=O) groups is 1. The van der Waals surface area contributed by atoms with Crippen molar-refractivity contribution in [1.29, 1.82) is 0 Å². The maximum atomic E-state index is 12.1. The summed E-state index contributed by atoms with van der Waals surface area (Å²) in [7, 11) is -3.22.